The highest BCUT2D eigenvalue weighted by molar-refractivity contribution is 5.35. The summed E-state index contributed by atoms with van der Waals surface area (Å²) in [6.07, 6.45) is 3.20. The zero-order valence-corrected chi connectivity index (χ0v) is 7.31. The summed E-state index contributed by atoms with van der Waals surface area (Å²) < 4.78 is 13.2. The van der Waals surface area contributed by atoms with Crippen molar-refractivity contribution < 1.29 is 4.39 Å². The average Bonchev–Trinajstić information content (AvgIpc) is 2.49. The molecule has 0 saturated carbocycles. The molecule has 0 spiro atoms. The minimum absolute atomic E-state index is 0.0107. The molecule has 0 radical (unpaired) electrons. The van der Waals surface area contributed by atoms with E-state index in [0.717, 1.165) is 24.8 Å². The molecule has 64 valence electrons. The second-order valence-corrected chi connectivity index (χ2v) is 3.45. The molecule has 0 saturated heterocycles. The highest BCUT2D eigenvalue weighted by Gasteiger charge is 2.22. The van der Waals surface area contributed by atoms with Gasteiger partial charge < -0.3 is 0 Å². The van der Waals surface area contributed by atoms with Crippen LogP contribution in [0.4, 0.5) is 4.39 Å². The van der Waals surface area contributed by atoms with Gasteiger partial charge in [-0.1, -0.05) is 19.1 Å². The van der Waals surface area contributed by atoms with E-state index in [1.165, 1.54) is 5.56 Å². The number of benzene rings is 1. The summed E-state index contributed by atoms with van der Waals surface area (Å²) in [5.74, 6) is 0.596. The van der Waals surface area contributed by atoms with E-state index in [1.807, 2.05) is 6.07 Å². The largest absolute Gasteiger partial charge is 0.207 e. The fraction of sp³-hybridized carbons (Fsp3) is 0.455. The fourth-order valence-electron chi connectivity index (χ4n) is 2.12. The van der Waals surface area contributed by atoms with E-state index in [1.54, 1.807) is 6.07 Å². The van der Waals surface area contributed by atoms with Crippen molar-refractivity contribution >= 4 is 0 Å². The molecular weight excluding hydrogens is 151 g/mol. The summed E-state index contributed by atoms with van der Waals surface area (Å²) in [6.45, 7) is 2.17. The number of hydrogen-bond acceptors (Lipinski definition) is 0. The van der Waals surface area contributed by atoms with Gasteiger partial charge in [-0.2, -0.15) is 0 Å². The molecule has 1 aromatic carbocycles. The van der Waals surface area contributed by atoms with Gasteiger partial charge >= 0.3 is 0 Å². The number of halogens is 1. The maximum Gasteiger partial charge on any atom is 0.126 e. The van der Waals surface area contributed by atoms with Crippen LogP contribution in [-0.2, 0) is 6.42 Å². The summed E-state index contributed by atoms with van der Waals surface area (Å²) in [7, 11) is 0. The van der Waals surface area contributed by atoms with E-state index in [9.17, 15) is 4.39 Å². The lowest BCUT2D eigenvalue weighted by Crippen LogP contribution is -1.91. The molecular formula is C11H13F. The smallest absolute Gasteiger partial charge is 0.126 e. The minimum atomic E-state index is -0.0107. The lowest BCUT2D eigenvalue weighted by molar-refractivity contribution is 0.612. The first-order valence-corrected chi connectivity index (χ1v) is 4.60. The van der Waals surface area contributed by atoms with Gasteiger partial charge in [0.25, 0.3) is 0 Å². The molecule has 0 amide bonds. The summed E-state index contributed by atoms with van der Waals surface area (Å²) >= 11 is 0. The van der Waals surface area contributed by atoms with Crippen molar-refractivity contribution in [1.82, 2.24) is 0 Å². The van der Waals surface area contributed by atoms with Crippen LogP contribution in [0.25, 0.3) is 0 Å². The quantitative estimate of drug-likeness (QED) is 0.597. The van der Waals surface area contributed by atoms with Crippen LogP contribution >= 0.6 is 0 Å². The zero-order valence-electron chi connectivity index (χ0n) is 7.31. The number of hydrogen-bond donors (Lipinski definition) is 0. The molecule has 0 N–H and O–H groups in total. The van der Waals surface area contributed by atoms with Crippen molar-refractivity contribution in [2.24, 2.45) is 0 Å². The molecule has 0 unspecified atom stereocenters. The van der Waals surface area contributed by atoms with Gasteiger partial charge in [-0.25, -0.2) is 4.39 Å². The third-order valence-corrected chi connectivity index (χ3v) is 2.83. The Kier molecular flexibility index (Phi) is 1.87. The van der Waals surface area contributed by atoms with Gasteiger partial charge in [-0.15, -0.1) is 0 Å². The second kappa shape index (κ2) is 2.89. The standard InChI is InChI=1S/C11H13F/c1-2-8-6-7-10-9(8)4-3-5-11(10)12/h3-5,8H,2,6-7H2,1H3/t8-/m0/s1. The fourth-order valence-corrected chi connectivity index (χ4v) is 2.12. The predicted molar refractivity (Wildman–Crippen MR) is 47.8 cm³/mol. The highest BCUT2D eigenvalue weighted by atomic mass is 19.1. The summed E-state index contributed by atoms with van der Waals surface area (Å²) in [6, 6.07) is 5.46. The van der Waals surface area contributed by atoms with Crippen LogP contribution in [0, 0.1) is 5.82 Å². The molecule has 1 atom stereocenters. The van der Waals surface area contributed by atoms with Crippen molar-refractivity contribution in [1.29, 1.82) is 0 Å². The molecule has 0 bridgehead atoms. The van der Waals surface area contributed by atoms with E-state index in [2.05, 4.69) is 13.0 Å². The Morgan fingerprint density at radius 1 is 1.50 bits per heavy atom. The number of rotatable bonds is 1. The molecule has 0 heterocycles. The lowest BCUT2D eigenvalue weighted by Gasteiger charge is -2.07. The van der Waals surface area contributed by atoms with Gasteiger partial charge in [0.1, 0.15) is 5.82 Å². The van der Waals surface area contributed by atoms with E-state index in [4.69, 9.17) is 0 Å². The summed E-state index contributed by atoms with van der Waals surface area (Å²) in [5.41, 5.74) is 2.21. The van der Waals surface area contributed by atoms with Gasteiger partial charge in [0.15, 0.2) is 0 Å². The van der Waals surface area contributed by atoms with E-state index in [0.29, 0.717) is 5.92 Å². The van der Waals surface area contributed by atoms with Crippen LogP contribution in [0.1, 0.15) is 36.8 Å². The van der Waals surface area contributed by atoms with Crippen LogP contribution in [0.2, 0.25) is 0 Å². The first-order chi connectivity index (χ1) is 5.83. The molecule has 0 aromatic heterocycles. The average molecular weight is 164 g/mol. The Labute approximate surface area is 72.4 Å². The van der Waals surface area contributed by atoms with E-state index >= 15 is 0 Å². The van der Waals surface area contributed by atoms with Gasteiger partial charge in [-0.3, -0.25) is 0 Å². The van der Waals surface area contributed by atoms with E-state index < -0.39 is 0 Å². The highest BCUT2D eigenvalue weighted by Crippen LogP contribution is 2.36. The Bertz CT molecular complexity index is 291. The van der Waals surface area contributed by atoms with Crippen LogP contribution in [0.5, 0.6) is 0 Å². The predicted octanol–water partition coefficient (Wildman–Crippen LogP) is 3.27. The van der Waals surface area contributed by atoms with Crippen LogP contribution in [-0.4, -0.2) is 0 Å². The monoisotopic (exact) mass is 164 g/mol. The first kappa shape index (κ1) is 7.78. The molecule has 12 heavy (non-hydrogen) atoms. The Balaban J connectivity index is 2.46. The van der Waals surface area contributed by atoms with E-state index in [-0.39, 0.29) is 5.82 Å². The lowest BCUT2D eigenvalue weighted by atomic mass is 9.99. The SMILES string of the molecule is CC[C@H]1CCc2c(F)cccc21. The van der Waals surface area contributed by atoms with Crippen molar-refractivity contribution in [2.45, 2.75) is 32.1 Å². The van der Waals surface area contributed by atoms with Gasteiger partial charge in [0.05, 0.1) is 0 Å². The second-order valence-electron chi connectivity index (χ2n) is 3.45. The molecule has 2 rings (SSSR count). The van der Waals surface area contributed by atoms with Crippen LogP contribution in [0.3, 0.4) is 0 Å². The Hall–Kier alpha value is -0.850. The van der Waals surface area contributed by atoms with Crippen LogP contribution in [0.15, 0.2) is 18.2 Å². The molecule has 0 aliphatic heterocycles. The molecule has 1 aliphatic carbocycles. The van der Waals surface area contributed by atoms with Gasteiger partial charge in [0.2, 0.25) is 0 Å². The topological polar surface area (TPSA) is 0 Å². The summed E-state index contributed by atoms with van der Waals surface area (Å²) in [4.78, 5) is 0. The third-order valence-electron chi connectivity index (χ3n) is 2.83. The van der Waals surface area contributed by atoms with Crippen molar-refractivity contribution in [3.05, 3.63) is 35.1 Å². The van der Waals surface area contributed by atoms with Gasteiger partial charge in [-0.05, 0) is 42.4 Å². The van der Waals surface area contributed by atoms with Crippen molar-refractivity contribution in [3.63, 3.8) is 0 Å². The molecule has 1 aromatic rings. The maximum atomic E-state index is 13.2. The zero-order chi connectivity index (χ0) is 8.55. The maximum absolute atomic E-state index is 13.2. The minimum Gasteiger partial charge on any atom is -0.207 e. The Morgan fingerprint density at radius 3 is 3.08 bits per heavy atom. The normalized spacial score (nSPS) is 21.0. The summed E-state index contributed by atoms with van der Waals surface area (Å²) in [5, 5.41) is 0. The van der Waals surface area contributed by atoms with Gasteiger partial charge in [0, 0.05) is 0 Å². The number of fused-ring (bicyclic) bond motifs is 1. The van der Waals surface area contributed by atoms with Crippen molar-refractivity contribution in [2.75, 3.05) is 0 Å². The molecule has 1 aliphatic rings. The van der Waals surface area contributed by atoms with Crippen LogP contribution < -0.4 is 0 Å². The molecule has 1 heteroatoms. The molecule has 0 fully saturated rings. The third kappa shape index (κ3) is 1.04. The first-order valence-electron chi connectivity index (χ1n) is 4.60. The molecule has 0 nitrogen and oxygen atoms in total. The Morgan fingerprint density at radius 2 is 2.33 bits per heavy atom. The van der Waals surface area contributed by atoms with Crippen molar-refractivity contribution in [3.8, 4) is 0 Å².